The Morgan fingerprint density at radius 2 is 1.58 bits per heavy atom. The molecule has 0 atom stereocenters. The van der Waals surface area contributed by atoms with Crippen LogP contribution in [-0.4, -0.2) is 31.7 Å². The maximum atomic E-state index is 10.3. The zero-order valence-electron chi connectivity index (χ0n) is 9.82. The quantitative estimate of drug-likeness (QED) is 0.448. The number of carbonyl (C=O) groups is 1. The average molecular weight is 257 g/mol. The number of nitrogens with zero attached hydrogens (tertiary/aromatic N) is 3. The molecule has 1 aromatic heterocycles. The van der Waals surface area contributed by atoms with Gasteiger partial charge in [0.15, 0.2) is 0 Å². The highest BCUT2D eigenvalue weighted by molar-refractivity contribution is 5.88. The van der Waals surface area contributed by atoms with E-state index in [-0.39, 0.29) is 5.82 Å². The summed E-state index contributed by atoms with van der Waals surface area (Å²) in [6.45, 7) is 0. The van der Waals surface area contributed by atoms with E-state index in [0.717, 1.165) is 0 Å². The van der Waals surface area contributed by atoms with Gasteiger partial charge in [-0.1, -0.05) is 48.5 Å². The van der Waals surface area contributed by atoms with Gasteiger partial charge in [0, 0.05) is 0 Å². The standard InChI is InChI=1S/C10H8.C2H3N5O2/c1-2-6-10-8-4-3-7-9(10)5-1;8-2(5-9)1-3-6-7-4-1/h1-8H;9H,(H,5,8)(H,3,4,6,7). The predicted octanol–water partition coefficient (Wildman–Crippen LogP) is 1.16. The van der Waals surface area contributed by atoms with Crippen molar-refractivity contribution in [2.45, 2.75) is 0 Å². The van der Waals surface area contributed by atoms with Gasteiger partial charge in [-0.15, -0.1) is 5.10 Å². The topological polar surface area (TPSA) is 104 Å². The lowest BCUT2D eigenvalue weighted by atomic mass is 10.1. The first-order chi connectivity index (χ1) is 9.31. The summed E-state index contributed by atoms with van der Waals surface area (Å²) < 4.78 is 0. The average Bonchev–Trinajstić information content (AvgIpc) is 3.01. The van der Waals surface area contributed by atoms with Gasteiger partial charge in [-0.2, -0.15) is 0 Å². The molecule has 7 nitrogen and oxygen atoms in total. The van der Waals surface area contributed by atoms with Gasteiger partial charge < -0.3 is 0 Å². The van der Waals surface area contributed by atoms with Crippen LogP contribution >= 0.6 is 0 Å². The van der Waals surface area contributed by atoms with Gasteiger partial charge in [0.1, 0.15) is 0 Å². The van der Waals surface area contributed by atoms with Crippen LogP contribution in [0.1, 0.15) is 10.6 Å². The number of aromatic amines is 1. The molecule has 0 bridgehead atoms. The number of aromatic nitrogens is 4. The molecule has 0 unspecified atom stereocenters. The van der Waals surface area contributed by atoms with E-state index >= 15 is 0 Å². The summed E-state index contributed by atoms with van der Waals surface area (Å²) in [5, 5.41) is 22.2. The highest BCUT2D eigenvalue weighted by Crippen LogP contribution is 2.11. The Morgan fingerprint density at radius 3 is 1.95 bits per heavy atom. The fraction of sp³-hybridized carbons (Fsp3) is 0. The SMILES string of the molecule is O=C(NO)c1nnn[nH]1.c1ccc2ccccc2c1. The van der Waals surface area contributed by atoms with Gasteiger partial charge in [0.05, 0.1) is 0 Å². The Morgan fingerprint density at radius 1 is 1.05 bits per heavy atom. The van der Waals surface area contributed by atoms with Crippen LogP contribution in [0.4, 0.5) is 0 Å². The van der Waals surface area contributed by atoms with Crippen LogP contribution in [0, 0.1) is 0 Å². The number of amides is 1. The molecule has 3 aromatic rings. The maximum absolute atomic E-state index is 10.3. The van der Waals surface area contributed by atoms with Gasteiger partial charge in [-0.05, 0) is 21.2 Å². The summed E-state index contributed by atoms with van der Waals surface area (Å²) in [7, 11) is 0. The molecular formula is C12H11N5O2. The van der Waals surface area contributed by atoms with Crippen molar-refractivity contribution in [3.63, 3.8) is 0 Å². The Kier molecular flexibility index (Phi) is 4.14. The highest BCUT2D eigenvalue weighted by atomic mass is 16.5. The fourth-order valence-electron chi connectivity index (χ4n) is 1.44. The van der Waals surface area contributed by atoms with Crippen molar-refractivity contribution in [1.29, 1.82) is 0 Å². The molecule has 0 saturated heterocycles. The Hall–Kier alpha value is -2.80. The summed E-state index contributed by atoms with van der Waals surface area (Å²) in [4.78, 5) is 10.3. The number of benzene rings is 2. The zero-order chi connectivity index (χ0) is 13.5. The summed E-state index contributed by atoms with van der Waals surface area (Å²) in [5.74, 6) is -0.891. The molecule has 0 aliphatic rings. The van der Waals surface area contributed by atoms with E-state index in [2.05, 4.69) is 69.2 Å². The Balaban J connectivity index is 0.000000141. The number of H-pyrrole nitrogens is 1. The van der Waals surface area contributed by atoms with Crippen molar-refractivity contribution < 1.29 is 10.0 Å². The van der Waals surface area contributed by atoms with Gasteiger partial charge in [-0.3, -0.25) is 10.0 Å². The predicted molar refractivity (Wildman–Crippen MR) is 67.4 cm³/mol. The molecule has 3 N–H and O–H groups in total. The first-order valence-corrected chi connectivity index (χ1v) is 5.43. The summed E-state index contributed by atoms with van der Waals surface area (Å²) in [6, 6.07) is 16.7. The number of hydroxylamine groups is 1. The molecule has 7 heteroatoms. The van der Waals surface area contributed by atoms with Crippen molar-refractivity contribution in [3.8, 4) is 0 Å². The normalized spacial score (nSPS) is 9.53. The van der Waals surface area contributed by atoms with Crippen LogP contribution in [0.2, 0.25) is 0 Å². The molecule has 0 fully saturated rings. The van der Waals surface area contributed by atoms with E-state index < -0.39 is 5.91 Å². The Bertz CT molecular complexity index is 589. The minimum Gasteiger partial charge on any atom is -0.288 e. The van der Waals surface area contributed by atoms with Crippen LogP contribution in [0.3, 0.4) is 0 Å². The largest absolute Gasteiger partial charge is 0.313 e. The molecule has 2 aromatic carbocycles. The number of fused-ring (bicyclic) bond motifs is 1. The Labute approximate surface area is 108 Å². The first-order valence-electron chi connectivity index (χ1n) is 5.43. The lowest BCUT2D eigenvalue weighted by molar-refractivity contribution is 0.0694. The lowest BCUT2D eigenvalue weighted by Gasteiger charge is -1.92. The van der Waals surface area contributed by atoms with Crippen LogP contribution in [0.15, 0.2) is 48.5 Å². The summed E-state index contributed by atoms with van der Waals surface area (Å²) >= 11 is 0. The summed E-state index contributed by atoms with van der Waals surface area (Å²) in [6.07, 6.45) is 0. The molecule has 96 valence electrons. The molecule has 1 amide bonds. The minimum atomic E-state index is -0.764. The summed E-state index contributed by atoms with van der Waals surface area (Å²) in [5.41, 5.74) is 1.35. The van der Waals surface area contributed by atoms with E-state index in [1.54, 1.807) is 0 Å². The van der Waals surface area contributed by atoms with Crippen LogP contribution in [0.5, 0.6) is 0 Å². The highest BCUT2D eigenvalue weighted by Gasteiger charge is 2.05. The molecule has 0 spiro atoms. The van der Waals surface area contributed by atoms with E-state index in [1.807, 2.05) is 0 Å². The van der Waals surface area contributed by atoms with E-state index in [0.29, 0.717) is 0 Å². The van der Waals surface area contributed by atoms with Crippen molar-refractivity contribution in [3.05, 3.63) is 54.4 Å². The molecule has 1 heterocycles. The molecule has 0 aliphatic heterocycles. The molecule has 0 radical (unpaired) electrons. The monoisotopic (exact) mass is 257 g/mol. The van der Waals surface area contributed by atoms with Crippen LogP contribution < -0.4 is 5.48 Å². The molecule has 0 saturated carbocycles. The smallest absolute Gasteiger partial charge is 0.288 e. The second-order valence-electron chi connectivity index (χ2n) is 3.54. The molecule has 0 aliphatic carbocycles. The van der Waals surface area contributed by atoms with Crippen molar-refractivity contribution >= 4 is 16.7 Å². The number of hydrogen-bond acceptors (Lipinski definition) is 5. The molecule has 3 rings (SSSR count). The number of carbonyl (C=O) groups excluding carboxylic acids is 1. The van der Waals surface area contributed by atoms with Crippen LogP contribution in [0.25, 0.3) is 10.8 Å². The van der Waals surface area contributed by atoms with Crippen molar-refractivity contribution in [2.24, 2.45) is 0 Å². The van der Waals surface area contributed by atoms with Gasteiger partial charge in [0.2, 0.25) is 5.82 Å². The maximum Gasteiger partial charge on any atom is 0.313 e. The second-order valence-corrected chi connectivity index (χ2v) is 3.54. The van der Waals surface area contributed by atoms with Gasteiger partial charge in [-0.25, -0.2) is 10.6 Å². The molecule has 19 heavy (non-hydrogen) atoms. The number of nitrogens with one attached hydrogen (secondary N) is 2. The zero-order valence-corrected chi connectivity index (χ0v) is 9.82. The van der Waals surface area contributed by atoms with Crippen molar-refractivity contribution in [1.82, 2.24) is 26.1 Å². The number of hydrogen-bond donors (Lipinski definition) is 3. The first kappa shape index (κ1) is 12.7. The number of tetrazole rings is 1. The van der Waals surface area contributed by atoms with E-state index in [9.17, 15) is 4.79 Å². The number of rotatable bonds is 1. The third kappa shape index (κ3) is 3.33. The third-order valence-corrected chi connectivity index (χ3v) is 2.32. The lowest BCUT2D eigenvalue weighted by Crippen LogP contribution is -2.20. The van der Waals surface area contributed by atoms with E-state index in [1.165, 1.54) is 16.3 Å². The van der Waals surface area contributed by atoms with Gasteiger partial charge >= 0.3 is 5.91 Å². The minimum absolute atomic E-state index is 0.127. The fourth-order valence-corrected chi connectivity index (χ4v) is 1.44. The van der Waals surface area contributed by atoms with Crippen LogP contribution in [-0.2, 0) is 0 Å². The third-order valence-electron chi connectivity index (χ3n) is 2.32. The molecular weight excluding hydrogens is 246 g/mol. The second kappa shape index (κ2) is 6.22. The van der Waals surface area contributed by atoms with Gasteiger partial charge in [0.25, 0.3) is 0 Å². The van der Waals surface area contributed by atoms with E-state index in [4.69, 9.17) is 5.21 Å². The van der Waals surface area contributed by atoms with Crippen molar-refractivity contribution in [2.75, 3.05) is 0 Å².